The van der Waals surface area contributed by atoms with Crippen LogP contribution in [0.3, 0.4) is 0 Å². The summed E-state index contributed by atoms with van der Waals surface area (Å²) in [4.78, 5) is 31.6. The third-order valence-corrected chi connectivity index (χ3v) is 6.61. The summed E-state index contributed by atoms with van der Waals surface area (Å²) < 4.78 is 12.4. The van der Waals surface area contributed by atoms with Crippen molar-refractivity contribution in [3.8, 4) is 5.75 Å². The SMILES string of the molecule is CCOC(=O)c1c(NC(=O)c2c(C)nc3c(OC)cccn23)sc2c1CCC(C)C2. The van der Waals surface area contributed by atoms with Gasteiger partial charge >= 0.3 is 5.97 Å². The fourth-order valence-electron chi connectivity index (χ4n) is 4.01. The average Bonchev–Trinajstić information content (AvgIpc) is 3.23. The number of amides is 1. The summed E-state index contributed by atoms with van der Waals surface area (Å²) in [6.45, 7) is 6.07. The van der Waals surface area contributed by atoms with Gasteiger partial charge in [0, 0.05) is 11.1 Å². The largest absolute Gasteiger partial charge is 0.493 e. The van der Waals surface area contributed by atoms with Crippen molar-refractivity contribution in [2.75, 3.05) is 19.0 Å². The molecule has 0 aliphatic heterocycles. The lowest BCUT2D eigenvalue weighted by Crippen LogP contribution is -2.18. The Morgan fingerprint density at radius 3 is 2.93 bits per heavy atom. The van der Waals surface area contributed by atoms with Crippen molar-refractivity contribution >= 4 is 33.9 Å². The number of imidazole rings is 1. The van der Waals surface area contributed by atoms with Gasteiger partial charge in [-0.15, -0.1) is 11.3 Å². The molecule has 3 heterocycles. The number of fused-ring (bicyclic) bond motifs is 2. The molecule has 0 saturated heterocycles. The Labute approximate surface area is 179 Å². The molecule has 1 N–H and O–H groups in total. The average molecular weight is 428 g/mol. The summed E-state index contributed by atoms with van der Waals surface area (Å²) in [5.41, 5.74) is 3.10. The molecule has 0 bridgehead atoms. The highest BCUT2D eigenvalue weighted by molar-refractivity contribution is 7.17. The van der Waals surface area contributed by atoms with E-state index in [2.05, 4.69) is 17.2 Å². The van der Waals surface area contributed by atoms with Gasteiger partial charge in [-0.1, -0.05) is 6.92 Å². The van der Waals surface area contributed by atoms with E-state index in [1.807, 2.05) is 0 Å². The highest BCUT2D eigenvalue weighted by Crippen LogP contribution is 2.40. The van der Waals surface area contributed by atoms with E-state index < -0.39 is 0 Å². The van der Waals surface area contributed by atoms with Crippen LogP contribution >= 0.6 is 11.3 Å². The molecule has 1 atom stereocenters. The van der Waals surface area contributed by atoms with E-state index in [0.29, 0.717) is 45.9 Å². The fourth-order valence-corrected chi connectivity index (χ4v) is 5.40. The van der Waals surface area contributed by atoms with Crippen LogP contribution in [-0.2, 0) is 17.6 Å². The topological polar surface area (TPSA) is 81.9 Å². The number of nitrogens with one attached hydrogen (secondary N) is 1. The Kier molecular flexibility index (Phi) is 5.51. The fraction of sp³-hybridized carbons (Fsp3) is 0.409. The van der Waals surface area contributed by atoms with Gasteiger partial charge < -0.3 is 14.8 Å². The van der Waals surface area contributed by atoms with Gasteiger partial charge in [-0.05, 0) is 56.7 Å². The van der Waals surface area contributed by atoms with Crippen molar-refractivity contribution in [3.05, 3.63) is 45.7 Å². The first-order valence-electron chi connectivity index (χ1n) is 10.1. The Balaban J connectivity index is 1.75. The minimum Gasteiger partial charge on any atom is -0.493 e. The van der Waals surface area contributed by atoms with Gasteiger partial charge in [-0.3, -0.25) is 9.20 Å². The third kappa shape index (κ3) is 3.45. The van der Waals surface area contributed by atoms with Crippen LogP contribution in [0.15, 0.2) is 18.3 Å². The van der Waals surface area contributed by atoms with Gasteiger partial charge in [-0.2, -0.15) is 0 Å². The first-order chi connectivity index (χ1) is 14.4. The second-order valence-electron chi connectivity index (χ2n) is 7.55. The molecule has 0 fully saturated rings. The van der Waals surface area contributed by atoms with Crippen LogP contribution in [-0.4, -0.2) is 35.0 Å². The highest BCUT2D eigenvalue weighted by atomic mass is 32.1. The van der Waals surface area contributed by atoms with E-state index in [0.717, 1.165) is 29.7 Å². The maximum Gasteiger partial charge on any atom is 0.341 e. The number of nitrogens with zero attached hydrogens (tertiary/aromatic N) is 2. The standard InChI is InChI=1S/C22H25N3O4S/c1-5-29-22(27)17-14-9-8-12(2)11-16(14)30-21(17)24-20(26)18-13(3)23-19-15(28-4)7-6-10-25(18)19/h6-7,10,12H,5,8-9,11H2,1-4H3,(H,24,26). The van der Waals surface area contributed by atoms with E-state index in [-0.39, 0.29) is 11.9 Å². The molecule has 8 heteroatoms. The van der Waals surface area contributed by atoms with E-state index >= 15 is 0 Å². The molecule has 3 aromatic rings. The predicted molar refractivity (Wildman–Crippen MR) is 116 cm³/mol. The van der Waals surface area contributed by atoms with Gasteiger partial charge in [0.1, 0.15) is 10.7 Å². The number of hydrogen-bond donors (Lipinski definition) is 1. The molecule has 0 saturated carbocycles. The molecule has 1 unspecified atom stereocenters. The zero-order valence-corrected chi connectivity index (χ0v) is 18.4. The normalized spacial score (nSPS) is 15.7. The van der Waals surface area contributed by atoms with Crippen LogP contribution in [0.25, 0.3) is 5.65 Å². The minimum atomic E-state index is -0.378. The van der Waals surface area contributed by atoms with Gasteiger partial charge in [0.05, 0.1) is 25.0 Å². The number of thiophene rings is 1. The van der Waals surface area contributed by atoms with Crippen LogP contribution in [0.4, 0.5) is 5.00 Å². The van der Waals surface area contributed by atoms with E-state index in [1.54, 1.807) is 43.7 Å². The van der Waals surface area contributed by atoms with Crippen molar-refractivity contribution in [2.24, 2.45) is 5.92 Å². The number of aryl methyl sites for hydroxylation is 1. The second-order valence-corrected chi connectivity index (χ2v) is 8.65. The van der Waals surface area contributed by atoms with Gasteiger partial charge in [-0.25, -0.2) is 9.78 Å². The summed E-state index contributed by atoms with van der Waals surface area (Å²) in [6, 6.07) is 3.61. The maximum atomic E-state index is 13.3. The molecule has 1 amide bonds. The number of hydrogen-bond acceptors (Lipinski definition) is 6. The number of pyridine rings is 1. The Bertz CT molecular complexity index is 1130. The molecule has 1 aliphatic rings. The van der Waals surface area contributed by atoms with Crippen molar-refractivity contribution < 1.29 is 19.1 Å². The summed E-state index contributed by atoms with van der Waals surface area (Å²) in [5.74, 6) is 0.456. The van der Waals surface area contributed by atoms with Crippen LogP contribution in [0.2, 0.25) is 0 Å². The summed E-state index contributed by atoms with van der Waals surface area (Å²) in [6.07, 6.45) is 4.53. The lowest BCUT2D eigenvalue weighted by molar-refractivity contribution is 0.0526. The molecule has 4 rings (SSSR count). The maximum absolute atomic E-state index is 13.3. The number of methoxy groups -OCH3 is 1. The zero-order valence-electron chi connectivity index (χ0n) is 17.6. The van der Waals surface area contributed by atoms with Crippen molar-refractivity contribution in [2.45, 2.75) is 40.0 Å². The van der Waals surface area contributed by atoms with Crippen LogP contribution in [0, 0.1) is 12.8 Å². The third-order valence-electron chi connectivity index (χ3n) is 5.44. The highest BCUT2D eigenvalue weighted by Gasteiger charge is 2.30. The second kappa shape index (κ2) is 8.10. The van der Waals surface area contributed by atoms with Gasteiger partial charge in [0.15, 0.2) is 11.4 Å². The number of ether oxygens (including phenoxy) is 2. The molecule has 0 radical (unpaired) electrons. The molecule has 0 aromatic carbocycles. The lowest BCUT2D eigenvalue weighted by atomic mass is 9.88. The van der Waals surface area contributed by atoms with Crippen molar-refractivity contribution in [1.29, 1.82) is 0 Å². The summed E-state index contributed by atoms with van der Waals surface area (Å²) >= 11 is 1.48. The Morgan fingerprint density at radius 2 is 2.20 bits per heavy atom. The molecule has 30 heavy (non-hydrogen) atoms. The lowest BCUT2D eigenvalue weighted by Gasteiger charge is -2.18. The van der Waals surface area contributed by atoms with Crippen LogP contribution in [0.5, 0.6) is 5.75 Å². The van der Waals surface area contributed by atoms with E-state index in [9.17, 15) is 9.59 Å². The number of anilines is 1. The van der Waals surface area contributed by atoms with Crippen molar-refractivity contribution in [1.82, 2.24) is 9.38 Å². The van der Waals surface area contributed by atoms with Gasteiger partial charge in [0.2, 0.25) is 0 Å². The summed E-state index contributed by atoms with van der Waals surface area (Å²) in [7, 11) is 1.57. The number of carbonyl (C=O) groups is 2. The molecule has 158 valence electrons. The smallest absolute Gasteiger partial charge is 0.341 e. The number of aromatic nitrogens is 2. The molecular weight excluding hydrogens is 402 g/mol. The van der Waals surface area contributed by atoms with Crippen molar-refractivity contribution in [3.63, 3.8) is 0 Å². The number of rotatable bonds is 5. The number of carbonyl (C=O) groups excluding carboxylic acids is 2. The van der Waals surface area contributed by atoms with E-state index in [1.165, 1.54) is 11.3 Å². The first kappa shape index (κ1) is 20.4. The van der Waals surface area contributed by atoms with Crippen LogP contribution in [0.1, 0.15) is 57.2 Å². The van der Waals surface area contributed by atoms with Crippen LogP contribution < -0.4 is 10.1 Å². The van der Waals surface area contributed by atoms with Gasteiger partial charge in [0.25, 0.3) is 5.91 Å². The minimum absolute atomic E-state index is 0.291. The molecule has 1 aliphatic carbocycles. The number of esters is 1. The molecule has 7 nitrogen and oxygen atoms in total. The predicted octanol–water partition coefficient (Wildman–Crippen LogP) is 4.27. The van der Waals surface area contributed by atoms with E-state index in [4.69, 9.17) is 9.47 Å². The monoisotopic (exact) mass is 427 g/mol. The first-order valence-corrected chi connectivity index (χ1v) is 10.9. The molecular formula is C22H25N3O4S. The molecule has 3 aromatic heterocycles. The zero-order chi connectivity index (χ0) is 21.4. The summed E-state index contributed by atoms with van der Waals surface area (Å²) in [5, 5.41) is 3.52. The Hall–Kier alpha value is -2.87. The quantitative estimate of drug-likeness (QED) is 0.615. The molecule has 0 spiro atoms. The Morgan fingerprint density at radius 1 is 1.40 bits per heavy atom.